The van der Waals surface area contributed by atoms with Crippen molar-refractivity contribution in [1.29, 1.82) is 0 Å². The molecule has 0 saturated heterocycles. The van der Waals surface area contributed by atoms with Gasteiger partial charge >= 0.3 is 39.3 Å². The molecule has 242 valence electrons. The Balaban J connectivity index is 0.00000139. The van der Waals surface area contributed by atoms with Gasteiger partial charge in [0.05, 0.1) is 39.8 Å². The van der Waals surface area contributed by atoms with Gasteiger partial charge in [0.15, 0.2) is 0 Å². The first-order valence-corrected chi connectivity index (χ1v) is 19.3. The molecule has 6 rings (SSSR count). The van der Waals surface area contributed by atoms with Crippen molar-refractivity contribution in [3.05, 3.63) is 120 Å². The summed E-state index contributed by atoms with van der Waals surface area (Å²) in [5.74, 6) is 2.80. The Morgan fingerprint density at radius 2 is 0.915 bits per heavy atom. The molecule has 0 N–H and O–H groups in total. The van der Waals surface area contributed by atoms with Crippen LogP contribution in [0.4, 0.5) is 11.4 Å². The van der Waals surface area contributed by atoms with Crippen molar-refractivity contribution < 1.29 is 29.8 Å². The minimum atomic E-state index is 0.680. The van der Waals surface area contributed by atoms with Crippen molar-refractivity contribution in [2.24, 2.45) is 9.98 Å². The number of rotatable bonds is 9. The van der Waals surface area contributed by atoms with E-state index in [1.807, 2.05) is 48.8 Å². The number of aliphatic imine (C=N–C) groups is 2. The Bertz CT molecular complexity index is 1920. The van der Waals surface area contributed by atoms with Crippen molar-refractivity contribution in [1.82, 2.24) is 0 Å². The van der Waals surface area contributed by atoms with Gasteiger partial charge in [0.2, 0.25) is 0 Å². The summed E-state index contributed by atoms with van der Waals surface area (Å²) in [5.41, 5.74) is 5.31. The number of halogens is 2. The first-order valence-electron chi connectivity index (χ1n) is 14.4. The molecule has 0 aliphatic rings. The van der Waals surface area contributed by atoms with Crippen molar-refractivity contribution in [2.75, 3.05) is 28.4 Å². The molecule has 0 atom stereocenters. The average molecular weight is 799 g/mol. The normalized spacial score (nSPS) is 11.2. The van der Waals surface area contributed by atoms with E-state index in [0.717, 1.165) is 66.7 Å². The number of hydrogen-bond acceptors (Lipinski definition) is 6. The van der Waals surface area contributed by atoms with Gasteiger partial charge in [-0.1, -0.05) is 60.7 Å². The van der Waals surface area contributed by atoms with E-state index in [4.69, 9.17) is 28.9 Å². The maximum absolute atomic E-state index is 5.64. The van der Waals surface area contributed by atoms with Gasteiger partial charge in [0.25, 0.3) is 0 Å². The molecule has 0 amide bonds. The van der Waals surface area contributed by atoms with Crippen molar-refractivity contribution in [3.8, 4) is 34.1 Å². The van der Waals surface area contributed by atoms with E-state index in [2.05, 4.69) is 101 Å². The molecule has 0 aliphatic heterocycles. The van der Waals surface area contributed by atoms with Gasteiger partial charge in [-0.3, -0.25) is 9.98 Å². The molecule has 47 heavy (non-hydrogen) atoms. The molecule has 9 heteroatoms. The summed E-state index contributed by atoms with van der Waals surface area (Å²) in [5, 5.41) is 4.39. The van der Waals surface area contributed by atoms with E-state index in [0.29, 0.717) is 11.5 Å². The third-order valence-corrected chi connectivity index (χ3v) is 7.63. The third kappa shape index (κ3) is 7.87. The molecule has 6 aromatic rings. The van der Waals surface area contributed by atoms with Gasteiger partial charge < -0.3 is 18.9 Å². The number of fused-ring (bicyclic) bond motifs is 2. The van der Waals surface area contributed by atoms with Crippen molar-refractivity contribution in [2.45, 2.75) is 0 Å². The van der Waals surface area contributed by atoms with Gasteiger partial charge in [0.1, 0.15) is 23.0 Å². The summed E-state index contributed by atoms with van der Waals surface area (Å²) >= 11 is 6.00. The summed E-state index contributed by atoms with van der Waals surface area (Å²) in [6, 6.07) is 36.5. The second-order valence-electron chi connectivity index (χ2n) is 10.1. The molecule has 0 heterocycles. The molecule has 0 unspecified atom stereocenters. The summed E-state index contributed by atoms with van der Waals surface area (Å²) in [7, 11) is 7.81. The summed E-state index contributed by atoms with van der Waals surface area (Å²) in [6.07, 6.45) is 3.67. The van der Waals surface area contributed by atoms with Crippen LogP contribution in [0.25, 0.3) is 32.7 Å². The van der Waals surface area contributed by atoms with Crippen LogP contribution in [0.1, 0.15) is 11.1 Å². The standard InChI is InChI=1S/C38H32N2O4.2BrH.Ni/c1-41-29-17-13-27(35(21-29)43-3)23-39-33-19-15-25-9-5-7-11-31(25)37(33)38-32-12-8-6-10-26(32)16-20-34(38)40-24-28-14-18-30(42-2)22-36(28)44-4;;;/h5-24H,1-4H3;2*1H;/q;;;+2/p-2. The minimum absolute atomic E-state index is 0.680. The van der Waals surface area contributed by atoms with Crippen LogP contribution in [0.3, 0.4) is 0 Å². The molecule has 0 aliphatic carbocycles. The van der Waals surface area contributed by atoms with Crippen molar-refractivity contribution >= 4 is 73.8 Å². The summed E-state index contributed by atoms with van der Waals surface area (Å²) in [4.78, 5) is 10.1. The van der Waals surface area contributed by atoms with E-state index in [1.54, 1.807) is 28.4 Å². The second kappa shape index (κ2) is 16.6. The molecule has 0 fully saturated rings. The molecule has 0 bridgehead atoms. The number of ether oxygens (including phenoxy) is 4. The number of hydrogen-bond donors (Lipinski definition) is 0. The zero-order valence-electron chi connectivity index (χ0n) is 26.1. The first-order chi connectivity index (χ1) is 23.0. The van der Waals surface area contributed by atoms with Crippen LogP contribution in [-0.4, -0.2) is 40.9 Å². The number of nitrogens with zero attached hydrogens (tertiary/aromatic N) is 2. The molecule has 0 aromatic heterocycles. The Morgan fingerprint density at radius 3 is 1.30 bits per heavy atom. The molecule has 0 saturated carbocycles. The van der Waals surface area contributed by atoms with Gasteiger partial charge in [-0.2, -0.15) is 0 Å². The fourth-order valence-corrected chi connectivity index (χ4v) is 5.39. The van der Waals surface area contributed by atoms with E-state index < -0.39 is 0 Å². The predicted octanol–water partition coefficient (Wildman–Crippen LogP) is 10.9. The van der Waals surface area contributed by atoms with Crippen LogP contribution >= 0.6 is 28.5 Å². The van der Waals surface area contributed by atoms with Gasteiger partial charge in [-0.15, -0.1) is 0 Å². The molecular formula is C38H32Br2N2NiO4. The Kier molecular flexibility index (Phi) is 12.1. The van der Waals surface area contributed by atoms with Crippen molar-refractivity contribution in [3.63, 3.8) is 0 Å². The molecule has 0 radical (unpaired) electrons. The summed E-state index contributed by atoms with van der Waals surface area (Å²) in [6.45, 7) is 0. The van der Waals surface area contributed by atoms with Crippen LogP contribution < -0.4 is 18.9 Å². The maximum atomic E-state index is 5.64. The van der Waals surface area contributed by atoms with E-state index in [1.165, 1.54) is 10.9 Å². The van der Waals surface area contributed by atoms with Crippen LogP contribution in [0, 0.1) is 0 Å². The first kappa shape index (κ1) is 34.2. The second-order valence-corrected chi connectivity index (χ2v) is 15.1. The van der Waals surface area contributed by atoms with Crippen LogP contribution in [0.15, 0.2) is 119 Å². The molecular weight excluding hydrogens is 767 g/mol. The number of methoxy groups -OCH3 is 4. The zero-order valence-corrected chi connectivity index (χ0v) is 30.3. The average Bonchev–Trinajstić information content (AvgIpc) is 3.12. The topological polar surface area (TPSA) is 61.6 Å². The monoisotopic (exact) mass is 796 g/mol. The Labute approximate surface area is 294 Å². The molecule has 0 spiro atoms. The quantitative estimate of drug-likeness (QED) is 0.108. The third-order valence-electron chi connectivity index (χ3n) is 7.63. The molecule has 6 nitrogen and oxygen atoms in total. The van der Waals surface area contributed by atoms with E-state index >= 15 is 0 Å². The van der Waals surface area contributed by atoms with Crippen LogP contribution in [-0.2, 0) is 10.9 Å². The summed E-state index contributed by atoms with van der Waals surface area (Å²) < 4.78 is 22.0. The van der Waals surface area contributed by atoms with Gasteiger partial charge in [-0.25, -0.2) is 0 Å². The fourth-order valence-electron chi connectivity index (χ4n) is 5.39. The SMILES string of the molecule is COc1ccc(C=Nc2ccc3ccccc3c2-c2c(N=Cc3ccc(OC)cc3OC)ccc3ccccc23)c(OC)c1.[Br][Ni][Br]. The predicted molar refractivity (Wildman–Crippen MR) is 198 cm³/mol. The zero-order chi connectivity index (χ0) is 33.2. The van der Waals surface area contributed by atoms with Crippen LogP contribution in [0.5, 0.6) is 23.0 Å². The number of benzene rings is 6. The van der Waals surface area contributed by atoms with E-state index in [-0.39, 0.29) is 0 Å². The molecule has 6 aromatic carbocycles. The fraction of sp³-hybridized carbons (Fsp3) is 0.105. The Hall–Kier alpha value is -4.17. The van der Waals surface area contributed by atoms with Crippen LogP contribution in [0.2, 0.25) is 0 Å². The van der Waals surface area contributed by atoms with Gasteiger partial charge in [-0.05, 0) is 57.9 Å². The van der Waals surface area contributed by atoms with E-state index in [9.17, 15) is 0 Å². The van der Waals surface area contributed by atoms with Gasteiger partial charge in [0, 0.05) is 46.8 Å². The Morgan fingerprint density at radius 1 is 0.511 bits per heavy atom.